The van der Waals surface area contributed by atoms with Crippen LogP contribution in [0.25, 0.3) is 83.4 Å². The third-order valence-corrected chi connectivity index (χ3v) is 9.21. The number of pyridine rings is 1. The van der Waals surface area contributed by atoms with E-state index < -0.39 is 0 Å². The van der Waals surface area contributed by atoms with Crippen molar-refractivity contribution in [3.05, 3.63) is 164 Å². The molecule has 0 atom stereocenters. The van der Waals surface area contributed by atoms with Gasteiger partial charge in [-0.15, -0.1) is 0 Å². The first kappa shape index (κ1) is 27.1. The van der Waals surface area contributed by atoms with Crippen molar-refractivity contribution in [3.63, 3.8) is 0 Å². The van der Waals surface area contributed by atoms with Gasteiger partial charge in [-0.1, -0.05) is 121 Å². The van der Waals surface area contributed by atoms with Crippen LogP contribution >= 0.6 is 0 Å². The quantitative estimate of drug-likeness (QED) is 0.196. The fourth-order valence-corrected chi connectivity index (χ4v) is 6.88. The number of aryl methyl sites for hydroxylation is 1. The van der Waals surface area contributed by atoms with Gasteiger partial charge in [-0.25, -0.2) is 4.98 Å². The van der Waals surface area contributed by atoms with Gasteiger partial charge in [-0.2, -0.15) is 0 Å². The predicted octanol–water partition coefficient (Wildman–Crippen LogP) is 10.7. The molecule has 0 saturated carbocycles. The zero-order chi connectivity index (χ0) is 31.3. The van der Waals surface area contributed by atoms with E-state index in [2.05, 4.69) is 162 Å². The van der Waals surface area contributed by atoms with E-state index in [-0.39, 0.29) is 0 Å². The standard InChI is InChI=1S/C43H30N4/c1-46-40-19-11-9-17-38(40)45-43(46)32-21-24-36-35-16-8-10-18-39(35)47(42(36)27-32)41-26-31(20-23-34(41)30-14-6-3-7-15-30)37-25-22-33(28-44-37)29-12-4-2-5-13-29/h2-28H,1H3. The van der Waals surface area contributed by atoms with Gasteiger partial charge >= 0.3 is 0 Å². The van der Waals surface area contributed by atoms with Crippen molar-refractivity contribution in [1.29, 1.82) is 0 Å². The summed E-state index contributed by atoms with van der Waals surface area (Å²) in [6.07, 6.45) is 1.97. The van der Waals surface area contributed by atoms with Gasteiger partial charge in [-0.3, -0.25) is 4.98 Å². The lowest BCUT2D eigenvalue weighted by molar-refractivity contribution is 0.959. The molecule has 3 aromatic heterocycles. The summed E-state index contributed by atoms with van der Waals surface area (Å²) in [7, 11) is 2.09. The van der Waals surface area contributed by atoms with Crippen LogP contribution in [0.15, 0.2) is 164 Å². The van der Waals surface area contributed by atoms with Crippen molar-refractivity contribution >= 4 is 32.8 Å². The first-order valence-corrected chi connectivity index (χ1v) is 15.9. The van der Waals surface area contributed by atoms with Crippen molar-refractivity contribution in [2.75, 3.05) is 0 Å². The van der Waals surface area contributed by atoms with Crippen LogP contribution in [0.5, 0.6) is 0 Å². The topological polar surface area (TPSA) is 35.6 Å². The Morgan fingerprint density at radius 2 is 1.13 bits per heavy atom. The molecule has 0 bridgehead atoms. The van der Waals surface area contributed by atoms with Crippen LogP contribution in [0, 0.1) is 0 Å². The normalized spacial score (nSPS) is 11.5. The van der Waals surface area contributed by atoms with Gasteiger partial charge < -0.3 is 9.13 Å². The summed E-state index contributed by atoms with van der Waals surface area (Å²) >= 11 is 0. The van der Waals surface area contributed by atoms with Gasteiger partial charge in [-0.05, 0) is 47.5 Å². The van der Waals surface area contributed by atoms with Crippen LogP contribution in [0.1, 0.15) is 0 Å². The lowest BCUT2D eigenvalue weighted by Gasteiger charge is -2.16. The summed E-state index contributed by atoms with van der Waals surface area (Å²) < 4.78 is 4.60. The van der Waals surface area contributed by atoms with Crippen LogP contribution < -0.4 is 0 Å². The minimum absolute atomic E-state index is 0.937. The molecule has 0 aliphatic rings. The highest BCUT2D eigenvalue weighted by molar-refractivity contribution is 6.10. The largest absolute Gasteiger partial charge is 0.327 e. The molecular weight excluding hydrogens is 573 g/mol. The number of benzene rings is 6. The number of nitrogens with zero attached hydrogens (tertiary/aromatic N) is 4. The number of para-hydroxylation sites is 3. The molecule has 0 aliphatic carbocycles. The molecule has 6 aromatic carbocycles. The minimum Gasteiger partial charge on any atom is -0.327 e. The molecule has 9 aromatic rings. The minimum atomic E-state index is 0.937. The van der Waals surface area contributed by atoms with Gasteiger partial charge in [0.25, 0.3) is 0 Å². The highest BCUT2D eigenvalue weighted by Gasteiger charge is 2.19. The molecule has 47 heavy (non-hydrogen) atoms. The predicted molar refractivity (Wildman–Crippen MR) is 195 cm³/mol. The van der Waals surface area contributed by atoms with E-state index in [1.807, 2.05) is 18.3 Å². The molecule has 3 heterocycles. The van der Waals surface area contributed by atoms with Crippen molar-refractivity contribution < 1.29 is 0 Å². The second kappa shape index (κ2) is 11.0. The highest BCUT2D eigenvalue weighted by Crippen LogP contribution is 2.39. The van der Waals surface area contributed by atoms with Crippen molar-refractivity contribution in [2.24, 2.45) is 7.05 Å². The SMILES string of the molecule is Cn1c(-c2ccc3c4ccccc4n(-c4cc(-c5ccc(-c6ccccc6)cn5)ccc4-c4ccccc4)c3c2)nc2ccccc21. The van der Waals surface area contributed by atoms with Crippen molar-refractivity contribution in [1.82, 2.24) is 19.1 Å². The van der Waals surface area contributed by atoms with E-state index in [0.717, 1.165) is 67.1 Å². The summed E-state index contributed by atoms with van der Waals surface area (Å²) in [6, 6.07) is 55.8. The van der Waals surface area contributed by atoms with Gasteiger partial charge in [0.1, 0.15) is 5.82 Å². The molecule has 4 heteroatoms. The van der Waals surface area contributed by atoms with E-state index in [9.17, 15) is 0 Å². The van der Waals surface area contributed by atoms with Crippen LogP contribution in [-0.2, 0) is 7.05 Å². The van der Waals surface area contributed by atoms with Gasteiger partial charge in [0.15, 0.2) is 0 Å². The van der Waals surface area contributed by atoms with E-state index >= 15 is 0 Å². The highest BCUT2D eigenvalue weighted by atomic mass is 15.1. The summed E-state index contributed by atoms with van der Waals surface area (Å²) in [5.74, 6) is 0.949. The first-order valence-electron chi connectivity index (χ1n) is 15.9. The maximum Gasteiger partial charge on any atom is 0.140 e. The van der Waals surface area contributed by atoms with Gasteiger partial charge in [0.2, 0.25) is 0 Å². The number of fused-ring (bicyclic) bond motifs is 4. The first-order chi connectivity index (χ1) is 23.2. The van der Waals surface area contributed by atoms with Crippen LogP contribution in [0.2, 0.25) is 0 Å². The second-order valence-electron chi connectivity index (χ2n) is 12.0. The lowest BCUT2D eigenvalue weighted by atomic mass is 9.99. The Bertz CT molecular complexity index is 2560. The maximum absolute atomic E-state index is 5.04. The molecule has 0 saturated heterocycles. The van der Waals surface area contributed by atoms with Crippen LogP contribution in [0.3, 0.4) is 0 Å². The van der Waals surface area contributed by atoms with E-state index in [4.69, 9.17) is 9.97 Å². The Balaban J connectivity index is 1.28. The molecule has 0 spiro atoms. The number of imidazole rings is 1. The lowest BCUT2D eigenvalue weighted by Crippen LogP contribution is -1.99. The van der Waals surface area contributed by atoms with E-state index in [1.165, 1.54) is 16.3 Å². The number of rotatable bonds is 5. The van der Waals surface area contributed by atoms with Crippen molar-refractivity contribution in [2.45, 2.75) is 0 Å². The molecule has 0 N–H and O–H groups in total. The van der Waals surface area contributed by atoms with E-state index in [0.29, 0.717) is 0 Å². The van der Waals surface area contributed by atoms with Crippen LogP contribution in [0.4, 0.5) is 0 Å². The Labute approximate surface area is 272 Å². The summed E-state index contributed by atoms with van der Waals surface area (Å²) in [4.78, 5) is 9.98. The molecular formula is C43H30N4. The molecule has 0 fully saturated rings. The summed E-state index contributed by atoms with van der Waals surface area (Å²) in [5.41, 5.74) is 13.2. The van der Waals surface area contributed by atoms with E-state index in [1.54, 1.807) is 0 Å². The second-order valence-corrected chi connectivity index (χ2v) is 12.0. The molecule has 4 nitrogen and oxygen atoms in total. The molecule has 0 radical (unpaired) electrons. The average Bonchev–Trinajstić information content (AvgIpc) is 3.66. The fourth-order valence-electron chi connectivity index (χ4n) is 6.88. The third-order valence-electron chi connectivity index (χ3n) is 9.21. The summed E-state index contributed by atoms with van der Waals surface area (Å²) in [5, 5.41) is 2.42. The molecule has 9 rings (SSSR count). The zero-order valence-electron chi connectivity index (χ0n) is 25.9. The number of hydrogen-bond acceptors (Lipinski definition) is 2. The molecule has 0 aliphatic heterocycles. The maximum atomic E-state index is 5.04. The molecule has 0 unspecified atom stereocenters. The summed E-state index contributed by atoms with van der Waals surface area (Å²) in [6.45, 7) is 0. The Kier molecular flexibility index (Phi) is 6.32. The van der Waals surface area contributed by atoms with Crippen molar-refractivity contribution in [3.8, 4) is 50.6 Å². The number of aromatic nitrogens is 4. The Morgan fingerprint density at radius 3 is 1.89 bits per heavy atom. The van der Waals surface area contributed by atoms with Gasteiger partial charge in [0, 0.05) is 46.3 Å². The smallest absolute Gasteiger partial charge is 0.140 e. The third kappa shape index (κ3) is 4.53. The Hall–Kier alpha value is -6.26. The molecule has 0 amide bonds. The zero-order valence-corrected chi connectivity index (χ0v) is 25.9. The van der Waals surface area contributed by atoms with Gasteiger partial charge in [0.05, 0.1) is 33.4 Å². The monoisotopic (exact) mass is 602 g/mol. The Morgan fingerprint density at radius 1 is 0.468 bits per heavy atom. The van der Waals surface area contributed by atoms with Crippen LogP contribution in [-0.4, -0.2) is 19.1 Å². The fraction of sp³-hybridized carbons (Fsp3) is 0.0233. The average molecular weight is 603 g/mol. The molecule has 222 valence electrons. The number of hydrogen-bond donors (Lipinski definition) is 0.